The Morgan fingerprint density at radius 3 is 2.49 bits per heavy atom. The van der Waals surface area contributed by atoms with E-state index in [1.54, 1.807) is 31.0 Å². The van der Waals surface area contributed by atoms with Crippen LogP contribution < -0.4 is 15.4 Å². The van der Waals surface area contributed by atoms with Crippen LogP contribution in [0.15, 0.2) is 34.7 Å². The van der Waals surface area contributed by atoms with Gasteiger partial charge in [-0.15, -0.1) is 0 Å². The Hall–Kier alpha value is -3.90. The zero-order valence-corrected chi connectivity index (χ0v) is 24.2. The van der Waals surface area contributed by atoms with E-state index in [0.29, 0.717) is 54.5 Å². The molecule has 12 nitrogen and oxygen atoms in total. The van der Waals surface area contributed by atoms with Gasteiger partial charge in [0.2, 0.25) is 12.3 Å². The predicted octanol–water partition coefficient (Wildman–Crippen LogP) is 3.49. The number of nitrogens with one attached hydrogen (secondary N) is 2. The van der Waals surface area contributed by atoms with Crippen molar-refractivity contribution in [2.75, 3.05) is 26.9 Å². The van der Waals surface area contributed by atoms with E-state index in [1.807, 2.05) is 26.0 Å². The summed E-state index contributed by atoms with van der Waals surface area (Å²) < 4.78 is 11.5. The molecule has 41 heavy (non-hydrogen) atoms. The fraction of sp³-hybridized carbons (Fsp3) is 0.517. The van der Waals surface area contributed by atoms with Crippen molar-refractivity contribution >= 4 is 24.2 Å². The molecule has 3 amide bonds. The summed E-state index contributed by atoms with van der Waals surface area (Å²) in [5.74, 6) is -1.43. The summed E-state index contributed by atoms with van der Waals surface area (Å²) >= 11 is 0. The zero-order valence-electron chi connectivity index (χ0n) is 24.2. The average molecular weight is 575 g/mol. The molecule has 1 aromatic heterocycles. The highest BCUT2D eigenvalue weighted by molar-refractivity contribution is 5.92. The van der Waals surface area contributed by atoms with Crippen LogP contribution in [0.5, 0.6) is 5.75 Å². The smallest absolute Gasteiger partial charge is 0.317 e. The van der Waals surface area contributed by atoms with Gasteiger partial charge in [0.15, 0.2) is 5.76 Å². The molecule has 0 unspecified atom stereocenters. The number of hydroxylamine groups is 2. The Morgan fingerprint density at radius 1 is 1.10 bits per heavy atom. The zero-order chi connectivity index (χ0) is 30.4. The van der Waals surface area contributed by atoms with E-state index >= 15 is 0 Å². The Bertz CT molecular complexity index is 1150. The standard InChI is InChI=1S/C29H42N4O8/c1-5-8-9-10-23(24(6-2)33(39)19-34)28(37)30-18-31-29(38)26-12-11-25(41-26)21-13-20(14-22(15-21)40-7-3)16-32(4)17-27(35)36/h11-15,19,23-24,39H,5-10,16-18H2,1-4H3,(H,30,37)(H,31,38)(H,35,36)/t23-,24-/m1/s1. The van der Waals surface area contributed by atoms with Crippen LogP contribution in [0.3, 0.4) is 0 Å². The van der Waals surface area contributed by atoms with Crippen molar-refractivity contribution in [3.63, 3.8) is 0 Å². The molecule has 1 aromatic carbocycles. The number of carbonyl (C=O) groups is 4. The number of carbonyl (C=O) groups excluding carboxylic acids is 3. The van der Waals surface area contributed by atoms with E-state index in [9.17, 15) is 24.4 Å². The number of nitrogens with zero attached hydrogens (tertiary/aromatic N) is 2. The molecule has 0 spiro atoms. The number of carboxylic acid groups (broad SMARTS) is 1. The molecular weight excluding hydrogens is 532 g/mol. The first-order chi connectivity index (χ1) is 19.6. The molecule has 0 saturated carbocycles. The molecule has 0 bridgehead atoms. The summed E-state index contributed by atoms with van der Waals surface area (Å²) in [6, 6.07) is 7.94. The van der Waals surface area contributed by atoms with Crippen LogP contribution in [0.2, 0.25) is 0 Å². The van der Waals surface area contributed by atoms with E-state index in [4.69, 9.17) is 14.3 Å². The maximum Gasteiger partial charge on any atom is 0.317 e. The van der Waals surface area contributed by atoms with Gasteiger partial charge >= 0.3 is 5.97 Å². The Morgan fingerprint density at radius 2 is 1.85 bits per heavy atom. The van der Waals surface area contributed by atoms with Crippen molar-refractivity contribution in [2.24, 2.45) is 5.92 Å². The third-order valence-electron chi connectivity index (χ3n) is 6.55. The molecular formula is C29H42N4O8. The first-order valence-corrected chi connectivity index (χ1v) is 13.9. The Labute approximate surface area is 240 Å². The number of benzene rings is 1. The van der Waals surface area contributed by atoms with Gasteiger partial charge in [-0.25, -0.2) is 5.06 Å². The van der Waals surface area contributed by atoms with Gasteiger partial charge in [0.1, 0.15) is 11.5 Å². The molecule has 1 heterocycles. The molecule has 12 heteroatoms. The molecule has 2 atom stereocenters. The quantitative estimate of drug-likeness (QED) is 0.0647. The number of hydrogen-bond acceptors (Lipinski definition) is 8. The molecule has 0 saturated heterocycles. The van der Waals surface area contributed by atoms with Crippen molar-refractivity contribution in [3.8, 4) is 17.1 Å². The topological polar surface area (TPSA) is 162 Å². The minimum absolute atomic E-state index is 0.0361. The van der Waals surface area contributed by atoms with Crippen molar-refractivity contribution in [3.05, 3.63) is 41.7 Å². The van der Waals surface area contributed by atoms with Crippen LogP contribution in [-0.2, 0) is 20.9 Å². The lowest BCUT2D eigenvalue weighted by atomic mass is 9.90. The van der Waals surface area contributed by atoms with E-state index < -0.39 is 23.8 Å². The molecule has 0 aliphatic heterocycles. The summed E-state index contributed by atoms with van der Waals surface area (Å²) in [5.41, 5.74) is 1.47. The average Bonchev–Trinajstić information content (AvgIpc) is 3.42. The second-order valence-electron chi connectivity index (χ2n) is 9.82. The number of rotatable bonds is 19. The number of amides is 3. The summed E-state index contributed by atoms with van der Waals surface area (Å²) in [6.07, 6.45) is 3.82. The van der Waals surface area contributed by atoms with Gasteiger partial charge in [-0.2, -0.15) is 0 Å². The summed E-state index contributed by atoms with van der Waals surface area (Å²) in [4.78, 5) is 49.5. The van der Waals surface area contributed by atoms with E-state index in [0.717, 1.165) is 24.8 Å². The Kier molecular flexibility index (Phi) is 13.8. The lowest BCUT2D eigenvalue weighted by molar-refractivity contribution is -0.168. The highest BCUT2D eigenvalue weighted by Crippen LogP contribution is 2.28. The number of carboxylic acids is 1. The minimum atomic E-state index is -0.930. The van der Waals surface area contributed by atoms with Crippen LogP contribution in [0, 0.1) is 5.92 Å². The van der Waals surface area contributed by atoms with Crippen LogP contribution in [-0.4, -0.2) is 77.4 Å². The fourth-order valence-electron chi connectivity index (χ4n) is 4.63. The number of aliphatic carboxylic acids is 1. The third-order valence-corrected chi connectivity index (χ3v) is 6.55. The van der Waals surface area contributed by atoms with Crippen molar-refractivity contribution in [1.29, 1.82) is 0 Å². The second kappa shape index (κ2) is 17.0. The van der Waals surface area contributed by atoms with Crippen LogP contribution in [0.1, 0.15) is 69.0 Å². The summed E-state index contributed by atoms with van der Waals surface area (Å²) in [6.45, 7) is 6.21. The van der Waals surface area contributed by atoms with Gasteiger partial charge < -0.3 is 24.9 Å². The van der Waals surface area contributed by atoms with E-state index in [2.05, 4.69) is 10.6 Å². The normalized spacial score (nSPS) is 12.4. The van der Waals surface area contributed by atoms with Crippen LogP contribution in [0.4, 0.5) is 0 Å². The van der Waals surface area contributed by atoms with Crippen molar-refractivity contribution in [1.82, 2.24) is 20.6 Å². The first-order valence-electron chi connectivity index (χ1n) is 13.9. The van der Waals surface area contributed by atoms with Gasteiger partial charge in [0.05, 0.1) is 31.8 Å². The number of unbranched alkanes of at least 4 members (excludes halogenated alkanes) is 2. The third kappa shape index (κ3) is 10.5. The molecule has 4 N–H and O–H groups in total. The fourth-order valence-corrected chi connectivity index (χ4v) is 4.63. The van der Waals surface area contributed by atoms with E-state index in [-0.39, 0.29) is 24.9 Å². The number of ether oxygens (including phenoxy) is 1. The van der Waals surface area contributed by atoms with Crippen molar-refractivity contribution in [2.45, 2.75) is 65.5 Å². The molecule has 0 aliphatic rings. The molecule has 0 fully saturated rings. The molecule has 226 valence electrons. The molecule has 0 aliphatic carbocycles. The van der Waals surface area contributed by atoms with Gasteiger partial charge in [0, 0.05) is 12.1 Å². The SMILES string of the molecule is CCCCC[C@@H](C(=O)NCNC(=O)c1ccc(-c2cc(CN(C)CC(=O)O)cc(OCC)c2)o1)[C@@H](CC)N(O)C=O. The molecule has 2 aromatic rings. The highest BCUT2D eigenvalue weighted by atomic mass is 16.5. The van der Waals surface area contributed by atoms with Crippen molar-refractivity contribution < 1.29 is 38.6 Å². The van der Waals surface area contributed by atoms with Crippen LogP contribution in [0.25, 0.3) is 11.3 Å². The lowest BCUT2D eigenvalue weighted by Crippen LogP contribution is -2.47. The first kappa shape index (κ1) is 33.3. The lowest BCUT2D eigenvalue weighted by Gasteiger charge is -2.29. The highest BCUT2D eigenvalue weighted by Gasteiger charge is 2.30. The number of likely N-dealkylation sites (N-methyl/N-ethyl adjacent to an activating group) is 1. The number of furan rings is 1. The number of hydrogen-bond donors (Lipinski definition) is 4. The van der Waals surface area contributed by atoms with Gasteiger partial charge in [0.25, 0.3) is 5.91 Å². The maximum absolute atomic E-state index is 12.9. The molecule has 2 rings (SSSR count). The minimum Gasteiger partial charge on any atom is -0.494 e. The largest absolute Gasteiger partial charge is 0.494 e. The molecule has 0 radical (unpaired) electrons. The van der Waals surface area contributed by atoms with E-state index in [1.165, 1.54) is 6.07 Å². The second-order valence-corrected chi connectivity index (χ2v) is 9.82. The maximum atomic E-state index is 12.9. The van der Waals surface area contributed by atoms with Gasteiger partial charge in [-0.1, -0.05) is 33.1 Å². The van der Waals surface area contributed by atoms with Gasteiger partial charge in [-0.05, 0) is 62.7 Å². The van der Waals surface area contributed by atoms with Crippen LogP contribution >= 0.6 is 0 Å². The monoisotopic (exact) mass is 574 g/mol. The summed E-state index contributed by atoms with van der Waals surface area (Å²) in [5, 5.41) is 24.8. The summed E-state index contributed by atoms with van der Waals surface area (Å²) in [7, 11) is 1.70. The Balaban J connectivity index is 2.08. The predicted molar refractivity (Wildman–Crippen MR) is 151 cm³/mol. The van der Waals surface area contributed by atoms with Gasteiger partial charge in [-0.3, -0.25) is 29.3 Å².